The van der Waals surface area contributed by atoms with Gasteiger partial charge in [-0.15, -0.1) is 0 Å². The SMILES string of the molecule is COCCNC(=O)c1cn2c(n1)[C@H](C)N(C(=O)[C@@H]1C[C@@H]1C)CC2. The highest BCUT2D eigenvalue weighted by Gasteiger charge is 2.44. The molecule has 1 aromatic rings. The van der Waals surface area contributed by atoms with Crippen LogP contribution in [0, 0.1) is 11.8 Å². The number of hydrogen-bond acceptors (Lipinski definition) is 4. The first-order valence-electron chi connectivity index (χ1n) is 8.17. The van der Waals surface area contributed by atoms with Crippen LogP contribution in [-0.4, -0.2) is 53.1 Å². The molecule has 0 bridgehead atoms. The Bertz CT molecular complexity index is 612. The van der Waals surface area contributed by atoms with Crippen molar-refractivity contribution >= 4 is 11.8 Å². The van der Waals surface area contributed by atoms with Crippen LogP contribution in [0.5, 0.6) is 0 Å². The third kappa shape index (κ3) is 3.10. The summed E-state index contributed by atoms with van der Waals surface area (Å²) in [6.45, 7) is 6.38. The molecule has 1 N–H and O–H groups in total. The Labute approximate surface area is 136 Å². The van der Waals surface area contributed by atoms with E-state index >= 15 is 0 Å². The van der Waals surface area contributed by atoms with Gasteiger partial charge in [-0.25, -0.2) is 4.98 Å². The third-order valence-corrected chi connectivity index (χ3v) is 4.76. The molecule has 2 heterocycles. The van der Waals surface area contributed by atoms with Crippen LogP contribution in [0.15, 0.2) is 6.20 Å². The van der Waals surface area contributed by atoms with Crippen LogP contribution in [0.2, 0.25) is 0 Å². The van der Waals surface area contributed by atoms with E-state index in [1.807, 2.05) is 16.4 Å². The molecule has 7 heteroatoms. The predicted molar refractivity (Wildman–Crippen MR) is 83.8 cm³/mol. The van der Waals surface area contributed by atoms with Gasteiger partial charge in [0.1, 0.15) is 11.5 Å². The number of rotatable bonds is 5. The van der Waals surface area contributed by atoms with E-state index < -0.39 is 0 Å². The molecule has 0 spiro atoms. The van der Waals surface area contributed by atoms with Gasteiger partial charge >= 0.3 is 0 Å². The van der Waals surface area contributed by atoms with E-state index in [0.717, 1.165) is 12.2 Å². The lowest BCUT2D eigenvalue weighted by atomic mass is 10.1. The van der Waals surface area contributed by atoms with E-state index in [0.29, 0.717) is 37.9 Å². The fourth-order valence-corrected chi connectivity index (χ4v) is 3.14. The Morgan fingerprint density at radius 1 is 1.39 bits per heavy atom. The van der Waals surface area contributed by atoms with E-state index in [4.69, 9.17) is 4.74 Å². The quantitative estimate of drug-likeness (QED) is 0.815. The summed E-state index contributed by atoms with van der Waals surface area (Å²) in [5.41, 5.74) is 0.400. The predicted octanol–water partition coefficient (Wildman–Crippen LogP) is 0.818. The number of methoxy groups -OCH3 is 1. The van der Waals surface area contributed by atoms with Gasteiger partial charge in [-0.1, -0.05) is 6.92 Å². The summed E-state index contributed by atoms with van der Waals surface area (Å²) in [7, 11) is 1.59. The minimum Gasteiger partial charge on any atom is -0.383 e. The van der Waals surface area contributed by atoms with Crippen molar-refractivity contribution < 1.29 is 14.3 Å². The fourth-order valence-electron chi connectivity index (χ4n) is 3.14. The number of hydrogen-bond donors (Lipinski definition) is 1. The van der Waals surface area contributed by atoms with Crippen molar-refractivity contribution in [1.29, 1.82) is 0 Å². The molecule has 0 unspecified atom stereocenters. The van der Waals surface area contributed by atoms with E-state index in [2.05, 4.69) is 17.2 Å². The Kier molecular flexibility index (Phi) is 4.39. The number of imidazole rings is 1. The minimum atomic E-state index is -0.204. The minimum absolute atomic E-state index is 0.0930. The monoisotopic (exact) mass is 320 g/mol. The van der Waals surface area contributed by atoms with Crippen LogP contribution in [0.25, 0.3) is 0 Å². The molecule has 1 fully saturated rings. The number of carbonyl (C=O) groups is 2. The molecule has 7 nitrogen and oxygen atoms in total. The van der Waals surface area contributed by atoms with Crippen molar-refractivity contribution in [1.82, 2.24) is 19.8 Å². The van der Waals surface area contributed by atoms with Gasteiger partial charge in [0.2, 0.25) is 5.91 Å². The average Bonchev–Trinajstić information content (AvgIpc) is 3.09. The smallest absolute Gasteiger partial charge is 0.271 e. The zero-order chi connectivity index (χ0) is 16.6. The van der Waals surface area contributed by atoms with Crippen molar-refractivity contribution in [3.63, 3.8) is 0 Å². The second-order valence-corrected chi connectivity index (χ2v) is 6.45. The van der Waals surface area contributed by atoms with Gasteiger partial charge in [0.15, 0.2) is 0 Å². The lowest BCUT2D eigenvalue weighted by Crippen LogP contribution is -2.42. The Morgan fingerprint density at radius 2 is 2.13 bits per heavy atom. The molecular formula is C16H24N4O3. The topological polar surface area (TPSA) is 76.5 Å². The number of aromatic nitrogens is 2. The highest BCUT2D eigenvalue weighted by Crippen LogP contribution is 2.41. The maximum atomic E-state index is 12.5. The van der Waals surface area contributed by atoms with Crippen LogP contribution in [-0.2, 0) is 16.1 Å². The number of amides is 2. The summed E-state index contributed by atoms with van der Waals surface area (Å²) >= 11 is 0. The average molecular weight is 320 g/mol. The van der Waals surface area contributed by atoms with Crippen molar-refractivity contribution in [2.45, 2.75) is 32.9 Å². The number of fused-ring (bicyclic) bond motifs is 1. The van der Waals surface area contributed by atoms with Crippen molar-refractivity contribution in [3.05, 3.63) is 17.7 Å². The zero-order valence-corrected chi connectivity index (χ0v) is 13.9. The third-order valence-electron chi connectivity index (χ3n) is 4.76. The molecule has 1 aliphatic heterocycles. The van der Waals surface area contributed by atoms with Gasteiger partial charge in [0.25, 0.3) is 5.91 Å². The Hall–Kier alpha value is -1.89. The lowest BCUT2D eigenvalue weighted by Gasteiger charge is -2.34. The zero-order valence-electron chi connectivity index (χ0n) is 13.9. The Balaban J connectivity index is 1.70. The van der Waals surface area contributed by atoms with Crippen LogP contribution in [0.4, 0.5) is 0 Å². The van der Waals surface area contributed by atoms with Gasteiger partial charge < -0.3 is 19.5 Å². The molecule has 0 aromatic carbocycles. The molecule has 23 heavy (non-hydrogen) atoms. The molecule has 126 valence electrons. The van der Waals surface area contributed by atoms with Crippen molar-refractivity contribution in [2.24, 2.45) is 11.8 Å². The first-order valence-corrected chi connectivity index (χ1v) is 8.17. The van der Waals surface area contributed by atoms with Gasteiger partial charge in [-0.05, 0) is 19.3 Å². The summed E-state index contributed by atoms with van der Waals surface area (Å²) in [5, 5.41) is 2.77. The fraction of sp³-hybridized carbons (Fsp3) is 0.688. The Morgan fingerprint density at radius 3 is 2.78 bits per heavy atom. The van der Waals surface area contributed by atoms with Crippen LogP contribution in [0.1, 0.15) is 42.6 Å². The second-order valence-electron chi connectivity index (χ2n) is 6.45. The molecule has 0 saturated heterocycles. The summed E-state index contributed by atoms with van der Waals surface area (Å²) < 4.78 is 6.90. The standard InChI is InChI=1S/C16H24N4O3/c1-10-8-12(10)16(22)20-6-5-19-9-13(18-14(19)11(20)2)15(21)17-4-7-23-3/h9-12H,4-8H2,1-3H3,(H,17,21)/t10-,11-,12+/m0/s1. The van der Waals surface area contributed by atoms with Gasteiger partial charge in [0.05, 0.1) is 12.6 Å². The number of nitrogens with zero attached hydrogens (tertiary/aromatic N) is 3. The van der Waals surface area contributed by atoms with E-state index in [1.165, 1.54) is 0 Å². The van der Waals surface area contributed by atoms with Crippen LogP contribution in [0.3, 0.4) is 0 Å². The van der Waals surface area contributed by atoms with Crippen LogP contribution >= 0.6 is 0 Å². The second kappa shape index (κ2) is 6.31. The molecular weight excluding hydrogens is 296 g/mol. The first-order chi connectivity index (χ1) is 11.0. The number of carbonyl (C=O) groups excluding carboxylic acids is 2. The van der Waals surface area contributed by atoms with Crippen molar-refractivity contribution in [3.8, 4) is 0 Å². The number of nitrogens with one attached hydrogen (secondary N) is 1. The lowest BCUT2D eigenvalue weighted by molar-refractivity contribution is -0.136. The van der Waals surface area contributed by atoms with Gasteiger partial charge in [-0.2, -0.15) is 0 Å². The van der Waals surface area contributed by atoms with E-state index in [9.17, 15) is 9.59 Å². The van der Waals surface area contributed by atoms with Gasteiger partial charge in [-0.3, -0.25) is 9.59 Å². The molecule has 1 saturated carbocycles. The molecule has 1 aromatic heterocycles. The normalized spacial score (nSPS) is 25.9. The molecule has 3 atom stereocenters. The molecule has 1 aliphatic carbocycles. The van der Waals surface area contributed by atoms with E-state index in [-0.39, 0.29) is 23.8 Å². The molecule has 0 radical (unpaired) electrons. The largest absolute Gasteiger partial charge is 0.383 e. The highest BCUT2D eigenvalue weighted by atomic mass is 16.5. The highest BCUT2D eigenvalue weighted by molar-refractivity contribution is 5.92. The molecule has 3 rings (SSSR count). The van der Waals surface area contributed by atoms with Crippen molar-refractivity contribution in [2.75, 3.05) is 26.8 Å². The van der Waals surface area contributed by atoms with E-state index in [1.54, 1.807) is 13.3 Å². The summed E-state index contributed by atoms with van der Waals surface area (Å²) in [6, 6.07) is -0.0930. The first kappa shape index (κ1) is 16.0. The maximum Gasteiger partial charge on any atom is 0.271 e. The summed E-state index contributed by atoms with van der Waals surface area (Å²) in [5.74, 6) is 1.49. The molecule has 2 amide bonds. The molecule has 2 aliphatic rings. The summed E-state index contributed by atoms with van der Waals surface area (Å²) in [4.78, 5) is 31.0. The summed E-state index contributed by atoms with van der Waals surface area (Å²) in [6.07, 6.45) is 2.76. The van der Waals surface area contributed by atoms with Gasteiger partial charge in [0, 0.05) is 38.9 Å². The maximum absolute atomic E-state index is 12.5. The van der Waals surface area contributed by atoms with Crippen LogP contribution < -0.4 is 5.32 Å². The number of ether oxygens (including phenoxy) is 1.